The molecule has 0 spiro atoms. The van der Waals surface area contributed by atoms with Crippen LogP contribution in [0.4, 0.5) is 13.2 Å². The van der Waals surface area contributed by atoms with Gasteiger partial charge in [0, 0.05) is 22.5 Å². The van der Waals surface area contributed by atoms with Crippen molar-refractivity contribution in [3.05, 3.63) is 83.4 Å². The molecule has 1 N–H and O–H groups in total. The van der Waals surface area contributed by atoms with E-state index in [4.69, 9.17) is 0 Å². The van der Waals surface area contributed by atoms with Gasteiger partial charge >= 0.3 is 0 Å². The monoisotopic (exact) mass is 352 g/mol. The molecule has 2 aromatic heterocycles. The van der Waals surface area contributed by atoms with Crippen LogP contribution in [0.3, 0.4) is 0 Å². The van der Waals surface area contributed by atoms with Crippen molar-refractivity contribution in [3.63, 3.8) is 0 Å². The van der Waals surface area contributed by atoms with E-state index in [-0.39, 0.29) is 11.3 Å². The number of allylic oxidation sites excluding steroid dienone is 1. The third kappa shape index (κ3) is 2.65. The summed E-state index contributed by atoms with van der Waals surface area (Å²) < 4.78 is 39.5. The van der Waals surface area contributed by atoms with Crippen LogP contribution < -0.4 is 0 Å². The molecule has 6 heteroatoms. The van der Waals surface area contributed by atoms with E-state index in [1.165, 1.54) is 12.3 Å². The van der Waals surface area contributed by atoms with E-state index in [9.17, 15) is 18.0 Å². The van der Waals surface area contributed by atoms with Crippen LogP contribution in [0.25, 0.3) is 27.9 Å². The molecule has 0 aliphatic rings. The maximum Gasteiger partial charge on any atom is 0.206 e. The Kier molecular flexibility index (Phi) is 3.80. The van der Waals surface area contributed by atoms with Gasteiger partial charge in [0.25, 0.3) is 0 Å². The van der Waals surface area contributed by atoms with Gasteiger partial charge in [-0.1, -0.05) is 24.3 Å². The highest BCUT2D eigenvalue weighted by Crippen LogP contribution is 2.26. The summed E-state index contributed by atoms with van der Waals surface area (Å²) in [6.07, 6.45) is 3.90. The number of aromatic amines is 1. The number of H-pyrrole nitrogens is 1. The highest BCUT2D eigenvalue weighted by Gasteiger charge is 2.14. The molecule has 0 amide bonds. The number of nitrogens with one attached hydrogen (secondary N) is 1. The van der Waals surface area contributed by atoms with Gasteiger partial charge in [-0.15, -0.1) is 0 Å². The molecule has 0 bridgehead atoms. The molecule has 0 aliphatic carbocycles. The van der Waals surface area contributed by atoms with Gasteiger partial charge in [0.1, 0.15) is 5.69 Å². The fourth-order valence-electron chi connectivity index (χ4n) is 2.88. The van der Waals surface area contributed by atoms with Crippen molar-refractivity contribution in [1.29, 1.82) is 0 Å². The molecule has 0 aliphatic heterocycles. The molecule has 0 saturated carbocycles. The topological polar surface area (TPSA) is 45.8 Å². The largest absolute Gasteiger partial charge is 0.353 e. The van der Waals surface area contributed by atoms with Crippen LogP contribution >= 0.6 is 0 Å². The summed E-state index contributed by atoms with van der Waals surface area (Å²) in [5.74, 6) is -4.61. The number of halogens is 3. The van der Waals surface area contributed by atoms with Gasteiger partial charge in [0.2, 0.25) is 5.78 Å². The van der Waals surface area contributed by atoms with E-state index >= 15 is 0 Å². The first kappa shape index (κ1) is 16.1. The average molecular weight is 352 g/mol. The molecule has 4 rings (SSSR count). The summed E-state index contributed by atoms with van der Waals surface area (Å²) >= 11 is 0. The first-order chi connectivity index (χ1) is 12.5. The second-order valence-electron chi connectivity index (χ2n) is 5.75. The number of carbonyl (C=O) groups excluding carboxylic acids is 1. The fraction of sp³-hybridized carbons (Fsp3) is 0. The Morgan fingerprint density at radius 3 is 2.50 bits per heavy atom. The minimum atomic E-state index is -1.54. The van der Waals surface area contributed by atoms with Gasteiger partial charge in [0.05, 0.1) is 5.52 Å². The van der Waals surface area contributed by atoms with Crippen LogP contribution in [0, 0.1) is 17.5 Å². The predicted molar refractivity (Wildman–Crippen MR) is 93.3 cm³/mol. The molecule has 26 heavy (non-hydrogen) atoms. The Hall–Kier alpha value is -3.41. The molecule has 0 unspecified atom stereocenters. The van der Waals surface area contributed by atoms with E-state index in [2.05, 4.69) is 9.97 Å². The molecular formula is C20H11F3N2O. The minimum Gasteiger partial charge on any atom is -0.353 e. The third-order valence-electron chi connectivity index (χ3n) is 4.09. The van der Waals surface area contributed by atoms with Crippen LogP contribution in [0.1, 0.15) is 16.1 Å². The van der Waals surface area contributed by atoms with Gasteiger partial charge in [-0.3, -0.25) is 9.78 Å². The zero-order valence-electron chi connectivity index (χ0n) is 13.3. The lowest BCUT2D eigenvalue weighted by molar-refractivity contribution is 0.104. The highest BCUT2D eigenvalue weighted by molar-refractivity contribution is 6.17. The van der Waals surface area contributed by atoms with Crippen molar-refractivity contribution in [1.82, 2.24) is 9.97 Å². The molecule has 0 radical (unpaired) electrons. The number of para-hydroxylation sites is 1. The molecule has 2 heterocycles. The number of carbonyl (C=O) groups is 1. The molecule has 0 saturated heterocycles. The van der Waals surface area contributed by atoms with Crippen molar-refractivity contribution in [2.45, 2.75) is 0 Å². The standard InChI is InChI=1S/C20H11F3N2O/c21-14-9-11(10-15(22)18(14)23)5-6-17(26)20-19-13(7-8-24-20)12-3-1-2-4-16(12)25-19/h1-10,25H/b6-5+. The minimum absolute atomic E-state index is 0.0403. The van der Waals surface area contributed by atoms with E-state index in [1.54, 1.807) is 6.07 Å². The number of aromatic nitrogens is 2. The summed E-state index contributed by atoms with van der Waals surface area (Å²) in [5, 5.41) is 1.82. The van der Waals surface area contributed by atoms with Crippen LogP contribution in [0.5, 0.6) is 0 Å². The lowest BCUT2D eigenvalue weighted by atomic mass is 10.1. The van der Waals surface area contributed by atoms with Crippen LogP contribution in [-0.4, -0.2) is 15.8 Å². The Morgan fingerprint density at radius 1 is 1.00 bits per heavy atom. The van der Waals surface area contributed by atoms with Crippen molar-refractivity contribution < 1.29 is 18.0 Å². The second-order valence-corrected chi connectivity index (χ2v) is 5.75. The highest BCUT2D eigenvalue weighted by atomic mass is 19.2. The molecular weight excluding hydrogens is 341 g/mol. The number of hydrogen-bond donors (Lipinski definition) is 1. The van der Waals surface area contributed by atoms with Gasteiger partial charge in [-0.25, -0.2) is 13.2 Å². The van der Waals surface area contributed by atoms with E-state index in [0.29, 0.717) is 5.52 Å². The maximum absolute atomic E-state index is 13.3. The average Bonchev–Trinajstić information content (AvgIpc) is 3.02. The van der Waals surface area contributed by atoms with E-state index in [0.717, 1.165) is 34.5 Å². The normalized spacial score (nSPS) is 11.7. The maximum atomic E-state index is 13.3. The van der Waals surface area contributed by atoms with Gasteiger partial charge < -0.3 is 4.98 Å². The number of nitrogens with zero attached hydrogens (tertiary/aromatic N) is 1. The zero-order chi connectivity index (χ0) is 18.3. The SMILES string of the molecule is O=C(/C=C/c1cc(F)c(F)c(F)c1)c1nccc2c1[nH]c1ccccc12. The molecule has 2 aromatic carbocycles. The Morgan fingerprint density at radius 2 is 1.73 bits per heavy atom. The molecule has 4 aromatic rings. The van der Waals surface area contributed by atoms with Crippen molar-refractivity contribution in [2.24, 2.45) is 0 Å². The van der Waals surface area contributed by atoms with Crippen LogP contribution in [-0.2, 0) is 0 Å². The number of ketones is 1. The molecule has 0 fully saturated rings. The van der Waals surface area contributed by atoms with E-state index < -0.39 is 23.2 Å². The lowest BCUT2D eigenvalue weighted by Gasteiger charge is -1.99. The molecule has 0 atom stereocenters. The van der Waals surface area contributed by atoms with Gasteiger partial charge in [-0.2, -0.15) is 0 Å². The Balaban J connectivity index is 1.75. The first-order valence-corrected chi connectivity index (χ1v) is 7.77. The van der Waals surface area contributed by atoms with Crippen molar-refractivity contribution in [3.8, 4) is 0 Å². The van der Waals surface area contributed by atoms with Crippen molar-refractivity contribution >= 4 is 33.7 Å². The summed E-state index contributed by atoms with van der Waals surface area (Å²) in [7, 11) is 0. The summed E-state index contributed by atoms with van der Waals surface area (Å²) in [6.45, 7) is 0. The predicted octanol–water partition coefficient (Wildman–Crippen LogP) is 5.03. The van der Waals surface area contributed by atoms with Crippen LogP contribution in [0.15, 0.2) is 54.7 Å². The first-order valence-electron chi connectivity index (χ1n) is 7.77. The van der Waals surface area contributed by atoms with E-state index in [1.807, 2.05) is 24.3 Å². The Bertz CT molecular complexity index is 1170. The smallest absolute Gasteiger partial charge is 0.206 e. The summed E-state index contributed by atoms with van der Waals surface area (Å²) in [6, 6.07) is 11.0. The Labute approximate surface area is 145 Å². The number of fused-ring (bicyclic) bond motifs is 3. The number of benzene rings is 2. The number of rotatable bonds is 3. The third-order valence-corrected chi connectivity index (χ3v) is 4.09. The summed E-state index contributed by atoms with van der Waals surface area (Å²) in [4.78, 5) is 19.8. The second kappa shape index (κ2) is 6.15. The number of hydrogen-bond acceptors (Lipinski definition) is 2. The zero-order valence-corrected chi connectivity index (χ0v) is 13.3. The van der Waals surface area contributed by atoms with Gasteiger partial charge in [0.15, 0.2) is 17.5 Å². The lowest BCUT2D eigenvalue weighted by Crippen LogP contribution is -1.99. The van der Waals surface area contributed by atoms with Gasteiger partial charge in [-0.05, 0) is 35.9 Å². The molecule has 128 valence electrons. The quantitative estimate of drug-likeness (QED) is 0.319. The number of pyridine rings is 1. The van der Waals surface area contributed by atoms with Crippen LogP contribution in [0.2, 0.25) is 0 Å². The van der Waals surface area contributed by atoms with Crippen molar-refractivity contribution in [2.75, 3.05) is 0 Å². The fourth-order valence-corrected chi connectivity index (χ4v) is 2.88. The summed E-state index contributed by atoms with van der Waals surface area (Å²) in [5.41, 5.74) is 1.69. The molecule has 3 nitrogen and oxygen atoms in total.